The first kappa shape index (κ1) is 31.8. The highest BCUT2D eigenvalue weighted by Gasteiger charge is 2.86. The Morgan fingerprint density at radius 1 is 0.483 bits per heavy atom. The van der Waals surface area contributed by atoms with Crippen molar-refractivity contribution in [3.8, 4) is 22.3 Å². The third-order valence-electron chi connectivity index (χ3n) is 18.3. The van der Waals surface area contributed by atoms with Crippen LogP contribution in [0.2, 0.25) is 0 Å². The van der Waals surface area contributed by atoms with Crippen LogP contribution in [0, 0.1) is 52.8 Å². The van der Waals surface area contributed by atoms with Crippen LogP contribution in [0.4, 0.5) is 17.1 Å². The first-order valence-electron chi connectivity index (χ1n) is 22.7. The molecule has 0 radical (unpaired) electrons. The van der Waals surface area contributed by atoms with Gasteiger partial charge in [-0.25, -0.2) is 0 Å². The van der Waals surface area contributed by atoms with Gasteiger partial charge in [0, 0.05) is 43.8 Å². The summed E-state index contributed by atoms with van der Waals surface area (Å²) >= 11 is 0. The fourth-order valence-electron chi connectivity index (χ4n) is 16.9. The summed E-state index contributed by atoms with van der Waals surface area (Å²) in [5.41, 5.74) is 16.4. The summed E-state index contributed by atoms with van der Waals surface area (Å²) in [4.78, 5) is 2.62. The molecule has 7 aliphatic rings. The number of rotatable bonds is 3. The third kappa shape index (κ3) is 3.47. The first-order valence-corrected chi connectivity index (χ1v) is 22.7. The van der Waals surface area contributed by atoms with Crippen molar-refractivity contribution in [2.75, 3.05) is 4.90 Å². The fourth-order valence-corrected chi connectivity index (χ4v) is 16.9. The van der Waals surface area contributed by atoms with E-state index in [2.05, 4.69) is 157 Å². The van der Waals surface area contributed by atoms with E-state index in [1.807, 2.05) is 0 Å². The largest absolute Gasteiger partial charge is 0.455 e. The van der Waals surface area contributed by atoms with E-state index in [0.29, 0.717) is 17.3 Å². The molecule has 3 heterocycles. The van der Waals surface area contributed by atoms with Crippen LogP contribution in [0.25, 0.3) is 66.1 Å². The summed E-state index contributed by atoms with van der Waals surface area (Å²) in [5.74, 6) is 6.62. The van der Waals surface area contributed by atoms with Crippen molar-refractivity contribution in [3.05, 3.63) is 163 Å². The van der Waals surface area contributed by atoms with Gasteiger partial charge in [0.1, 0.15) is 22.3 Å². The van der Waals surface area contributed by atoms with E-state index in [1.54, 1.807) is 11.1 Å². The highest BCUT2D eigenvalue weighted by atomic mass is 16.3. The Morgan fingerprint density at radius 2 is 1.07 bits per heavy atom. The molecule has 6 saturated carbocycles. The molecule has 0 N–H and O–H groups in total. The Balaban J connectivity index is 1.01. The van der Waals surface area contributed by atoms with E-state index in [4.69, 9.17) is 8.83 Å². The van der Waals surface area contributed by atoms with E-state index in [9.17, 15) is 0 Å². The molecule has 3 nitrogen and oxygen atoms in total. The predicted octanol–water partition coefficient (Wildman–Crippen LogP) is 14.8. The third-order valence-corrected chi connectivity index (χ3v) is 18.3. The molecule has 0 amide bonds. The van der Waals surface area contributed by atoms with Gasteiger partial charge in [0.25, 0.3) is 0 Å². The second-order valence-corrected chi connectivity index (χ2v) is 20.0. The molecular formula is C57H43NO2. The van der Waals surface area contributed by atoms with Crippen LogP contribution in [0.15, 0.2) is 160 Å². The fraction of sp³-hybridized carbons (Fsp3) is 0.263. The first-order chi connectivity index (χ1) is 29.7. The summed E-state index contributed by atoms with van der Waals surface area (Å²) in [6, 6.07) is 56.9. The van der Waals surface area contributed by atoms with Crippen LogP contribution in [-0.2, 0) is 5.41 Å². The van der Waals surface area contributed by atoms with Gasteiger partial charge in [-0.3, -0.25) is 0 Å². The van der Waals surface area contributed by atoms with Crippen LogP contribution in [0.5, 0.6) is 0 Å². The van der Waals surface area contributed by atoms with Gasteiger partial charge in [-0.2, -0.15) is 0 Å². The zero-order valence-electron chi connectivity index (χ0n) is 33.4. The summed E-state index contributed by atoms with van der Waals surface area (Å²) in [5, 5.41) is 4.76. The van der Waals surface area contributed by atoms with Gasteiger partial charge < -0.3 is 13.7 Å². The number of fused-ring (bicyclic) bond motifs is 14. The average Bonchev–Trinajstić information content (AvgIpc) is 3.94. The second-order valence-electron chi connectivity index (χ2n) is 20.0. The summed E-state index contributed by atoms with van der Waals surface area (Å²) in [6.45, 7) is 0. The number of hydrogen-bond donors (Lipinski definition) is 0. The highest BCUT2D eigenvalue weighted by Crippen LogP contribution is 2.91. The lowest BCUT2D eigenvalue weighted by Gasteiger charge is -2.59. The highest BCUT2D eigenvalue weighted by molar-refractivity contribution is 6.11. The summed E-state index contributed by atoms with van der Waals surface area (Å²) in [6.07, 6.45) is 7.18. The van der Waals surface area contributed by atoms with Crippen LogP contribution < -0.4 is 4.90 Å². The van der Waals surface area contributed by atoms with Crippen molar-refractivity contribution >= 4 is 60.9 Å². The molecule has 3 heteroatoms. The number of nitrogens with zero attached hydrogens (tertiary/aromatic N) is 1. The second kappa shape index (κ2) is 10.6. The monoisotopic (exact) mass is 773 g/mol. The Morgan fingerprint density at radius 3 is 1.72 bits per heavy atom. The molecule has 288 valence electrons. The predicted molar refractivity (Wildman–Crippen MR) is 241 cm³/mol. The molecular weight excluding hydrogens is 731 g/mol. The molecule has 9 aromatic rings. The number of hydrogen-bond acceptors (Lipinski definition) is 3. The van der Waals surface area contributed by atoms with Gasteiger partial charge in [0.05, 0.1) is 11.4 Å². The maximum atomic E-state index is 6.76. The van der Waals surface area contributed by atoms with Gasteiger partial charge in [-0.15, -0.1) is 0 Å². The number of benzene rings is 7. The molecule has 6 bridgehead atoms. The Labute approximate surface area is 348 Å². The van der Waals surface area contributed by atoms with Gasteiger partial charge in [-0.1, -0.05) is 103 Å². The molecule has 7 aromatic carbocycles. The average molecular weight is 774 g/mol. The lowest BCUT2D eigenvalue weighted by atomic mass is 9.45. The van der Waals surface area contributed by atoms with Crippen molar-refractivity contribution in [3.63, 3.8) is 0 Å². The smallest absolute Gasteiger partial charge is 0.143 e. The minimum Gasteiger partial charge on any atom is -0.455 e. The van der Waals surface area contributed by atoms with Gasteiger partial charge in [0.15, 0.2) is 0 Å². The number of furan rings is 2. The molecule has 9 atom stereocenters. The molecule has 6 fully saturated rings. The molecule has 6 aliphatic carbocycles. The van der Waals surface area contributed by atoms with Crippen molar-refractivity contribution in [2.45, 2.75) is 37.5 Å². The molecule has 60 heavy (non-hydrogen) atoms. The maximum Gasteiger partial charge on any atom is 0.143 e. The van der Waals surface area contributed by atoms with Crippen molar-refractivity contribution < 1.29 is 8.83 Å². The van der Waals surface area contributed by atoms with Gasteiger partial charge in [0.2, 0.25) is 0 Å². The topological polar surface area (TPSA) is 29.5 Å². The summed E-state index contributed by atoms with van der Waals surface area (Å²) in [7, 11) is 0. The molecule has 16 rings (SSSR count). The molecule has 2 spiro atoms. The standard InChI is InChI=1S/C57H43NO2/c1-2-10-35(11-3-1)58-48-22-20-32(36-14-8-16-40-38-12-4-6-18-50(38)59-54(36)40)27-45(48)57(34-29-44-42-24-31-25-43-52(42)56(44,30-34)47(26-31)53(43)57)46-28-33(21-23-49(46)58)37-15-9-17-41-39-13-5-7-19-51(39)60-55(37)41/h1-23,27-28,31,34,42-44,47,52-53H,24-26,29-30H2. The van der Waals surface area contributed by atoms with Crippen LogP contribution in [-0.4, -0.2) is 0 Å². The van der Waals surface area contributed by atoms with Crippen molar-refractivity contribution in [1.29, 1.82) is 0 Å². The molecule has 2 aromatic heterocycles. The zero-order chi connectivity index (χ0) is 38.6. The van der Waals surface area contributed by atoms with Gasteiger partial charge in [-0.05, 0) is 156 Å². The number of para-hydroxylation sites is 5. The minimum absolute atomic E-state index is 0.0961. The maximum absolute atomic E-state index is 6.76. The molecule has 0 saturated heterocycles. The van der Waals surface area contributed by atoms with Crippen LogP contribution in [0.1, 0.15) is 43.2 Å². The molecule has 9 unspecified atom stereocenters. The lowest BCUT2D eigenvalue weighted by Crippen LogP contribution is -2.55. The lowest BCUT2D eigenvalue weighted by molar-refractivity contribution is -0.120. The Bertz CT molecular complexity index is 3190. The number of anilines is 3. The minimum atomic E-state index is -0.0961. The Hall–Kier alpha value is -6.06. The molecule has 1 aliphatic heterocycles. The normalized spacial score (nSPS) is 30.5. The van der Waals surface area contributed by atoms with Gasteiger partial charge >= 0.3 is 0 Å². The van der Waals surface area contributed by atoms with E-state index in [1.165, 1.54) is 93.0 Å². The summed E-state index contributed by atoms with van der Waals surface area (Å²) < 4.78 is 13.5. The van der Waals surface area contributed by atoms with E-state index < -0.39 is 0 Å². The Kier molecular flexibility index (Phi) is 5.63. The van der Waals surface area contributed by atoms with E-state index in [0.717, 1.165) is 57.8 Å². The van der Waals surface area contributed by atoms with E-state index in [-0.39, 0.29) is 5.41 Å². The zero-order valence-corrected chi connectivity index (χ0v) is 33.4. The SMILES string of the molecule is c1ccc(N2c3ccc(-c4cccc5c4oc4ccccc45)cc3C3(c4cc(-c5cccc6c5oc5ccccc56)ccc42)C2CC4C5CC6CC7C3C(C6)C4(C2)C75)cc1. The van der Waals surface area contributed by atoms with Crippen molar-refractivity contribution in [1.82, 2.24) is 0 Å². The van der Waals surface area contributed by atoms with Crippen molar-refractivity contribution in [2.24, 2.45) is 52.8 Å². The van der Waals surface area contributed by atoms with E-state index >= 15 is 0 Å². The van der Waals surface area contributed by atoms with Crippen LogP contribution >= 0.6 is 0 Å². The van der Waals surface area contributed by atoms with Crippen LogP contribution in [0.3, 0.4) is 0 Å². The quantitative estimate of drug-likeness (QED) is 0.179.